The first-order valence-electron chi connectivity index (χ1n) is 6.58. The molecule has 0 aromatic carbocycles. The van der Waals surface area contributed by atoms with Gasteiger partial charge in [-0.1, -0.05) is 0 Å². The van der Waals surface area contributed by atoms with Crippen LogP contribution in [0.5, 0.6) is 0 Å². The molecule has 0 fully saturated rings. The normalized spacial score (nSPS) is 12.9. The second-order valence-corrected chi connectivity index (χ2v) is 4.53. The van der Waals surface area contributed by atoms with Gasteiger partial charge in [0.2, 0.25) is 5.91 Å². The maximum atomic E-state index is 12.6. The first-order valence-corrected chi connectivity index (χ1v) is 6.58. The monoisotopic (exact) mass is 304 g/mol. The van der Waals surface area contributed by atoms with Crippen molar-refractivity contribution in [1.82, 2.24) is 9.88 Å². The van der Waals surface area contributed by atoms with Crippen molar-refractivity contribution in [1.29, 1.82) is 0 Å². The van der Waals surface area contributed by atoms with Crippen molar-refractivity contribution >= 4 is 17.3 Å². The second-order valence-electron chi connectivity index (χ2n) is 4.53. The van der Waals surface area contributed by atoms with Gasteiger partial charge in [-0.15, -0.1) is 0 Å². The number of nitrogen functional groups attached to an aromatic ring is 1. The molecule has 1 amide bonds. The van der Waals surface area contributed by atoms with Gasteiger partial charge in [-0.3, -0.25) is 4.79 Å². The number of aromatic nitrogens is 1. The molecule has 1 heterocycles. The minimum atomic E-state index is -4.56. The number of carbonyl (C=O) groups excluding carboxylic acids is 1. The summed E-state index contributed by atoms with van der Waals surface area (Å²) in [5, 5.41) is 2.72. The van der Waals surface area contributed by atoms with Gasteiger partial charge in [-0.25, -0.2) is 4.98 Å². The highest BCUT2D eigenvalue weighted by Gasteiger charge is 2.33. The van der Waals surface area contributed by atoms with Crippen LogP contribution in [-0.2, 0) is 11.0 Å². The van der Waals surface area contributed by atoms with Crippen molar-refractivity contribution in [2.45, 2.75) is 33.0 Å². The van der Waals surface area contributed by atoms with Gasteiger partial charge in [0.05, 0.1) is 17.6 Å². The summed E-state index contributed by atoms with van der Waals surface area (Å²) in [5.74, 6) is -0.204. The molecule has 0 saturated heterocycles. The topological polar surface area (TPSA) is 71.2 Å². The summed E-state index contributed by atoms with van der Waals surface area (Å²) in [4.78, 5) is 16.9. The summed E-state index contributed by atoms with van der Waals surface area (Å²) in [5.41, 5.74) is 4.66. The van der Waals surface area contributed by atoms with E-state index in [-0.39, 0.29) is 17.3 Å². The lowest BCUT2D eigenvalue weighted by Crippen LogP contribution is -2.41. The van der Waals surface area contributed by atoms with Crippen LogP contribution in [0.25, 0.3) is 0 Å². The number of likely N-dealkylation sites (N-methyl/N-ethyl adjacent to an activating group) is 1. The van der Waals surface area contributed by atoms with Crippen molar-refractivity contribution in [2.24, 2.45) is 0 Å². The Labute approximate surface area is 121 Å². The highest BCUT2D eigenvalue weighted by Crippen LogP contribution is 2.31. The summed E-state index contributed by atoms with van der Waals surface area (Å²) in [7, 11) is 0. The number of halogens is 3. The van der Waals surface area contributed by atoms with Gasteiger partial charge in [0, 0.05) is 13.1 Å². The van der Waals surface area contributed by atoms with E-state index in [1.807, 2.05) is 13.8 Å². The zero-order chi connectivity index (χ0) is 16.2. The van der Waals surface area contributed by atoms with E-state index in [0.717, 1.165) is 12.3 Å². The molecule has 5 nitrogen and oxygen atoms in total. The summed E-state index contributed by atoms with van der Waals surface area (Å²) in [6, 6.07) is 0.122. The molecule has 1 aromatic rings. The third-order valence-electron chi connectivity index (χ3n) is 3.04. The zero-order valence-electron chi connectivity index (χ0n) is 12.2. The Morgan fingerprint density at radius 1 is 1.43 bits per heavy atom. The number of hydrogen-bond donors (Lipinski definition) is 2. The van der Waals surface area contributed by atoms with Crippen LogP contribution in [0.1, 0.15) is 26.5 Å². The number of anilines is 2. The summed E-state index contributed by atoms with van der Waals surface area (Å²) in [6.07, 6.45) is -3.63. The molecule has 0 spiro atoms. The van der Waals surface area contributed by atoms with Crippen LogP contribution in [0.4, 0.5) is 24.5 Å². The van der Waals surface area contributed by atoms with Gasteiger partial charge in [-0.2, -0.15) is 13.2 Å². The first-order chi connectivity index (χ1) is 9.70. The van der Waals surface area contributed by atoms with Crippen molar-refractivity contribution in [3.05, 3.63) is 18.0 Å². The summed E-state index contributed by atoms with van der Waals surface area (Å²) in [6.45, 7) is 6.29. The fourth-order valence-corrected chi connectivity index (χ4v) is 1.85. The molecule has 0 saturated carbocycles. The number of hydrogen-bond acceptors (Lipinski definition) is 4. The van der Waals surface area contributed by atoms with E-state index in [2.05, 4.69) is 10.3 Å². The molecule has 21 heavy (non-hydrogen) atoms. The molecule has 1 rings (SSSR count). The van der Waals surface area contributed by atoms with E-state index in [4.69, 9.17) is 5.73 Å². The molecule has 1 aromatic heterocycles. The van der Waals surface area contributed by atoms with Crippen LogP contribution in [0.2, 0.25) is 0 Å². The van der Waals surface area contributed by atoms with Gasteiger partial charge in [0.25, 0.3) is 0 Å². The lowest BCUT2D eigenvalue weighted by atomic mass is 10.2. The SMILES string of the molecule is CCN(CC)C(=O)C(C)Nc1cc(C(F)(F)F)ncc1N. The number of nitrogens with zero attached hydrogens (tertiary/aromatic N) is 2. The quantitative estimate of drug-likeness (QED) is 0.876. The van der Waals surface area contributed by atoms with Crippen molar-refractivity contribution in [2.75, 3.05) is 24.1 Å². The molecule has 0 radical (unpaired) electrons. The summed E-state index contributed by atoms with van der Waals surface area (Å²) < 4.78 is 37.9. The van der Waals surface area contributed by atoms with Crippen LogP contribution < -0.4 is 11.1 Å². The molecule has 1 unspecified atom stereocenters. The van der Waals surface area contributed by atoms with Gasteiger partial charge in [-0.05, 0) is 26.8 Å². The Morgan fingerprint density at radius 2 is 2.00 bits per heavy atom. The number of pyridine rings is 1. The second kappa shape index (κ2) is 6.64. The predicted octanol–water partition coefficient (Wildman–Crippen LogP) is 2.35. The van der Waals surface area contributed by atoms with Crippen LogP contribution in [0.3, 0.4) is 0 Å². The molecule has 0 aliphatic heterocycles. The Hall–Kier alpha value is -1.99. The number of nitrogens with two attached hydrogens (primary N) is 1. The highest BCUT2D eigenvalue weighted by atomic mass is 19.4. The molecular formula is C13H19F3N4O. The lowest BCUT2D eigenvalue weighted by Gasteiger charge is -2.24. The fourth-order valence-electron chi connectivity index (χ4n) is 1.85. The molecule has 0 aliphatic rings. The number of nitrogens with one attached hydrogen (secondary N) is 1. The fraction of sp³-hybridized carbons (Fsp3) is 0.538. The van der Waals surface area contributed by atoms with Gasteiger partial charge in [0.15, 0.2) is 0 Å². The Morgan fingerprint density at radius 3 is 2.48 bits per heavy atom. The lowest BCUT2D eigenvalue weighted by molar-refractivity contribution is -0.141. The Bertz CT molecular complexity index is 501. The molecule has 8 heteroatoms. The highest BCUT2D eigenvalue weighted by molar-refractivity contribution is 5.85. The van der Waals surface area contributed by atoms with Crippen LogP contribution in [-0.4, -0.2) is 34.9 Å². The molecule has 1 atom stereocenters. The maximum absolute atomic E-state index is 12.6. The first kappa shape index (κ1) is 17.1. The van der Waals surface area contributed by atoms with E-state index >= 15 is 0 Å². The van der Waals surface area contributed by atoms with E-state index in [0.29, 0.717) is 13.1 Å². The van der Waals surface area contributed by atoms with Gasteiger partial charge < -0.3 is 16.0 Å². The smallest absolute Gasteiger partial charge is 0.396 e. The van der Waals surface area contributed by atoms with E-state index < -0.39 is 17.9 Å². The predicted molar refractivity (Wildman–Crippen MR) is 74.7 cm³/mol. The van der Waals surface area contributed by atoms with Crippen LogP contribution >= 0.6 is 0 Å². The van der Waals surface area contributed by atoms with Crippen molar-refractivity contribution in [3.63, 3.8) is 0 Å². The molecule has 0 bridgehead atoms. The minimum absolute atomic E-state index is 0.0466. The van der Waals surface area contributed by atoms with E-state index in [1.54, 1.807) is 11.8 Å². The third kappa shape index (κ3) is 4.24. The molecule has 0 aliphatic carbocycles. The number of rotatable bonds is 5. The van der Waals surface area contributed by atoms with Gasteiger partial charge >= 0.3 is 6.18 Å². The molecular weight excluding hydrogens is 285 g/mol. The minimum Gasteiger partial charge on any atom is -0.396 e. The largest absolute Gasteiger partial charge is 0.433 e. The van der Waals surface area contributed by atoms with Crippen molar-refractivity contribution in [3.8, 4) is 0 Å². The molecule has 3 N–H and O–H groups in total. The Kier molecular flexibility index (Phi) is 5.40. The van der Waals surface area contributed by atoms with Crippen LogP contribution in [0.15, 0.2) is 12.3 Å². The third-order valence-corrected chi connectivity index (χ3v) is 3.04. The van der Waals surface area contributed by atoms with Crippen LogP contribution in [0, 0.1) is 0 Å². The Balaban J connectivity index is 2.94. The van der Waals surface area contributed by atoms with E-state index in [1.165, 1.54) is 0 Å². The zero-order valence-corrected chi connectivity index (χ0v) is 12.2. The van der Waals surface area contributed by atoms with Crippen molar-refractivity contribution < 1.29 is 18.0 Å². The molecule has 118 valence electrons. The average Bonchev–Trinajstić information content (AvgIpc) is 2.41. The number of amides is 1. The van der Waals surface area contributed by atoms with E-state index in [9.17, 15) is 18.0 Å². The number of carbonyl (C=O) groups is 1. The summed E-state index contributed by atoms with van der Waals surface area (Å²) >= 11 is 0. The van der Waals surface area contributed by atoms with Gasteiger partial charge in [0.1, 0.15) is 11.7 Å². The number of alkyl halides is 3. The maximum Gasteiger partial charge on any atom is 0.433 e. The standard InChI is InChI=1S/C13H19F3N4O/c1-4-20(5-2)12(21)8(3)19-10-6-11(13(14,15)16)18-7-9(10)17/h6-8H,4-5,17H2,1-3H3,(H,18,19). The average molecular weight is 304 g/mol.